The number of primary amides is 1. The Morgan fingerprint density at radius 3 is 0.951 bits per heavy atom. The van der Waals surface area contributed by atoms with Gasteiger partial charge in [0.15, 0.2) is 17.3 Å². The summed E-state index contributed by atoms with van der Waals surface area (Å²) in [6.45, 7) is 42.0. The van der Waals surface area contributed by atoms with E-state index >= 15 is 8.78 Å². The van der Waals surface area contributed by atoms with Crippen molar-refractivity contribution in [1.29, 1.82) is 0 Å². The number of fused-ring (bicyclic) bond motifs is 3. The predicted molar refractivity (Wildman–Crippen MR) is 537 cm³/mol. The second-order valence-corrected chi connectivity index (χ2v) is 37.2. The molecule has 8 aromatic rings. The maximum Gasteiger partial charge on any atom is 0.410 e. The van der Waals surface area contributed by atoms with Gasteiger partial charge in [-0.25, -0.2) is 81.8 Å². The first-order chi connectivity index (χ1) is 67.4. The van der Waals surface area contributed by atoms with E-state index in [-0.39, 0.29) is 95.4 Å². The van der Waals surface area contributed by atoms with Gasteiger partial charge in [-0.15, -0.1) is 0 Å². The molecule has 0 aliphatic carbocycles. The molecule has 0 spiro atoms. The summed E-state index contributed by atoms with van der Waals surface area (Å²) in [6.07, 6.45) is -0.297. The van der Waals surface area contributed by atoms with Crippen molar-refractivity contribution >= 4 is 132 Å². The molecule has 0 saturated carbocycles. The maximum absolute atomic E-state index is 15.0. The lowest BCUT2D eigenvalue weighted by Crippen LogP contribution is -2.50. The molecule has 0 atom stereocenters. The molecule has 0 radical (unpaired) electrons. The number of rotatable bonds is 14. The minimum Gasteiger partial charge on any atom is -0.464 e. The molecule has 3 amide bonds. The number of aliphatic hydroxyl groups excluding tert-OH is 1. The molecule has 5 N–H and O–H groups in total. The van der Waals surface area contributed by atoms with Gasteiger partial charge in [-0.3, -0.25) is 29.0 Å². The van der Waals surface area contributed by atoms with Crippen LogP contribution in [0.4, 0.5) is 62.6 Å². The smallest absolute Gasteiger partial charge is 0.410 e. The van der Waals surface area contributed by atoms with Gasteiger partial charge in [-0.2, -0.15) is 0 Å². The van der Waals surface area contributed by atoms with E-state index in [4.69, 9.17) is 25.1 Å². The number of nitrogens with one attached hydrogen (secondary N) is 2. The third kappa shape index (κ3) is 30.3. The Morgan fingerprint density at radius 2 is 0.648 bits per heavy atom. The number of carbonyl (C=O) groups excluding carboxylic acids is 10. The number of anilines is 4. The molecule has 16 rings (SSSR count). The average molecular weight is 2030 g/mol. The molecule has 0 bridgehead atoms. The number of halogens is 4. The van der Waals surface area contributed by atoms with E-state index < -0.39 is 35.2 Å². The normalized spacial score (nSPS) is 15.8. The minimum absolute atomic E-state index is 0.0321. The number of aryl methyl sites for hydroxylation is 5. The molecule has 40 heteroatoms. The number of pyridine rings is 5. The number of piperazine rings is 5. The van der Waals surface area contributed by atoms with Gasteiger partial charge in [0.25, 0.3) is 5.91 Å². The number of aliphatic hydroxyl groups is 1. The standard InChI is InChI=1S/C23H25FN4O3.C22H24FN5O2.C17H25N3O4.C12H17N3O2.C11H10FNO2.C9H18N2O2.C8H8BrNO2/c1-14-20(7-6-19(25-14)23(30)31-3)28-10-8-27(9-11-28)13-16-4-5-18-17(22(16)24)12-21(29)15(2)26-18;1-13-19(6-5-18(25-13)22(24)30)28-9-7-27(8-10-28)12-15-3-4-17-16(21(15)23)11-20(29)14(2)26-17;1-12-14(7-6-13(18-12)15(21)23-5)19-8-10-20(11-9-19)16(22)24-17(2,3)4;1-9-11(15-7-5-13-6-8-15)4-3-10(14-9)12(16)17-2;1-6-10(15)4-8-9(13-6)3-2-7(5-14)11(8)12;1-9(2,3)13-8(12)11-6-4-10-5-7-11;1-5-6(9)3-4-7(10-5)8(11)12-2/h4-7H,8-13H2,1-3H3;3-6H,7-12H2,1-2H3,(H2,24,30);6-7H,8-11H2,1-5H3;3-4,13H,5-8H2,1-2H3;2-3,14H,4-5H2,1H3;10H,4-7H2,1-3H3;3-4H,1-2H3. The fourth-order valence-electron chi connectivity index (χ4n) is 16.2. The maximum atomic E-state index is 15.0. The predicted octanol–water partition coefficient (Wildman–Crippen LogP) is 12.1. The van der Waals surface area contributed by atoms with Crippen LogP contribution in [0.15, 0.2) is 117 Å². The summed E-state index contributed by atoms with van der Waals surface area (Å²) in [5, 5.41) is 15.4. The molecule has 36 nitrogen and oxygen atoms in total. The molecule has 5 aromatic heterocycles. The Balaban J connectivity index is 0.000000175. The number of aliphatic imine (C=N–C) groups is 3. The number of ketones is 3. The number of amides is 3. The van der Waals surface area contributed by atoms with Crippen LogP contribution in [-0.4, -0.2) is 297 Å². The Hall–Kier alpha value is -13.4. The lowest BCUT2D eigenvalue weighted by atomic mass is 9.97. The Kier molecular flexibility index (Phi) is 39.6. The van der Waals surface area contributed by atoms with E-state index in [9.17, 15) is 52.3 Å². The van der Waals surface area contributed by atoms with E-state index in [0.29, 0.717) is 118 Å². The number of carbonyl (C=O) groups is 10. The van der Waals surface area contributed by atoms with Crippen molar-refractivity contribution in [2.45, 2.75) is 147 Å². The number of nitrogens with zero attached hydrogens (tertiary/aromatic N) is 16. The fraction of sp³-hybridized carbons (Fsp3) is 0.451. The third-order valence-electron chi connectivity index (χ3n) is 23.9. The van der Waals surface area contributed by atoms with Crippen molar-refractivity contribution in [3.8, 4) is 0 Å². The van der Waals surface area contributed by atoms with Crippen molar-refractivity contribution in [2.75, 3.05) is 179 Å². The van der Waals surface area contributed by atoms with Gasteiger partial charge in [0.1, 0.15) is 57.1 Å². The number of Topliss-reactive ketones (excluding diaryl/α,β-unsaturated/α-hetero) is 3. The number of esters is 4. The number of aromatic nitrogens is 5. The summed E-state index contributed by atoms with van der Waals surface area (Å²) in [4.78, 5) is 166. The molecule has 5 fully saturated rings. The number of benzene rings is 3. The van der Waals surface area contributed by atoms with Crippen LogP contribution in [0.5, 0.6) is 0 Å². The largest absolute Gasteiger partial charge is 0.464 e. The molecule has 8 aliphatic rings. The van der Waals surface area contributed by atoms with E-state index in [2.05, 4.69) is 110 Å². The highest BCUT2D eigenvalue weighted by molar-refractivity contribution is 9.10. The van der Waals surface area contributed by atoms with Crippen LogP contribution in [-0.2, 0) is 81.8 Å². The van der Waals surface area contributed by atoms with Crippen LogP contribution < -0.4 is 36.0 Å². The van der Waals surface area contributed by atoms with E-state index in [1.54, 1.807) is 97.3 Å². The lowest BCUT2D eigenvalue weighted by Gasteiger charge is -2.37. The van der Waals surface area contributed by atoms with Gasteiger partial charge < -0.3 is 79.3 Å². The Bertz CT molecular complexity index is 6050. The highest BCUT2D eigenvalue weighted by Crippen LogP contribution is 2.35. The monoisotopic (exact) mass is 2030 g/mol. The van der Waals surface area contributed by atoms with Gasteiger partial charge in [0.2, 0.25) is 0 Å². The zero-order valence-electron chi connectivity index (χ0n) is 83.8. The first-order valence-electron chi connectivity index (χ1n) is 46.7. The molecule has 3 aromatic carbocycles. The van der Waals surface area contributed by atoms with E-state index in [1.165, 1.54) is 34.5 Å². The first-order valence-corrected chi connectivity index (χ1v) is 47.5. The van der Waals surface area contributed by atoms with Crippen LogP contribution in [0.25, 0.3) is 0 Å². The highest BCUT2D eigenvalue weighted by atomic mass is 79.9. The molecule has 5 saturated heterocycles. The summed E-state index contributed by atoms with van der Waals surface area (Å²) in [5.74, 6) is -3.80. The minimum atomic E-state index is -0.538. The van der Waals surface area contributed by atoms with Crippen molar-refractivity contribution in [3.63, 3.8) is 0 Å². The van der Waals surface area contributed by atoms with Crippen molar-refractivity contribution in [2.24, 2.45) is 20.7 Å². The van der Waals surface area contributed by atoms with Gasteiger partial charge in [0, 0.05) is 201 Å². The second-order valence-electron chi connectivity index (χ2n) is 36.4. The Morgan fingerprint density at radius 1 is 0.373 bits per heavy atom. The zero-order valence-corrected chi connectivity index (χ0v) is 85.4. The van der Waals surface area contributed by atoms with Crippen LogP contribution in [0.3, 0.4) is 0 Å². The number of hydrogen-bond acceptors (Lipinski definition) is 33. The quantitative estimate of drug-likeness (QED) is 0.0580. The second kappa shape index (κ2) is 50.8. The van der Waals surface area contributed by atoms with Gasteiger partial charge in [-0.05, 0) is 192 Å². The zero-order chi connectivity index (χ0) is 104. The summed E-state index contributed by atoms with van der Waals surface area (Å²) in [7, 11) is 5.37. The molecule has 142 heavy (non-hydrogen) atoms. The lowest BCUT2D eigenvalue weighted by molar-refractivity contribution is -0.113. The fourth-order valence-corrected chi connectivity index (χ4v) is 16.4. The van der Waals surface area contributed by atoms with Crippen molar-refractivity contribution in [3.05, 3.63) is 209 Å². The molecule has 0 unspecified atom stereocenters. The number of ether oxygens (including phenoxy) is 6. The molecule has 760 valence electrons. The van der Waals surface area contributed by atoms with Gasteiger partial charge in [-0.1, -0.05) is 18.2 Å². The van der Waals surface area contributed by atoms with Crippen molar-refractivity contribution in [1.82, 2.24) is 55.2 Å². The topological polar surface area (TPSA) is 424 Å². The molecular formula is C102H127BrF3N19O17. The first kappa shape index (κ1) is 111. The van der Waals surface area contributed by atoms with Crippen LogP contribution >= 0.6 is 15.9 Å². The number of hydrogen-bond donors (Lipinski definition) is 4. The average Bonchev–Trinajstić information content (AvgIpc) is 0.797. The van der Waals surface area contributed by atoms with E-state index in [0.717, 1.165) is 160 Å². The molecule has 8 aliphatic heterocycles. The summed E-state index contributed by atoms with van der Waals surface area (Å²) in [6, 6.07) is 27.9. The van der Waals surface area contributed by atoms with Crippen LogP contribution in [0.1, 0.15) is 177 Å². The molecule has 13 heterocycles. The summed E-state index contributed by atoms with van der Waals surface area (Å²) < 4.78 is 73.8. The third-order valence-corrected chi connectivity index (χ3v) is 24.8. The van der Waals surface area contributed by atoms with Gasteiger partial charge >= 0.3 is 36.1 Å². The van der Waals surface area contributed by atoms with Crippen LogP contribution in [0.2, 0.25) is 0 Å². The van der Waals surface area contributed by atoms with E-state index in [1.807, 2.05) is 100 Å². The number of nitrogens with two attached hydrogens (primary N) is 1. The summed E-state index contributed by atoms with van der Waals surface area (Å²) >= 11 is 3.29. The Labute approximate surface area is 833 Å². The van der Waals surface area contributed by atoms with Crippen LogP contribution in [0, 0.1) is 52.1 Å². The van der Waals surface area contributed by atoms with Gasteiger partial charge in [0.05, 0.1) is 120 Å². The van der Waals surface area contributed by atoms with Crippen molar-refractivity contribution < 1.29 is 94.6 Å². The highest BCUT2D eigenvalue weighted by Gasteiger charge is 2.33. The molecular weight excluding hydrogens is 1900 g/mol. The SMILES string of the molecule is CC(C)(C)OC(=O)N1CCNCC1.CC1=Nc2ccc(CN3CCN(c4ccc(C(N)=O)nc4C)CC3)c(F)c2CC1=O.CC1=Nc2ccc(CO)c(F)c2CC1=O.COC(=O)c1ccc(Br)c(C)n1.COC(=O)c1ccc(N2CCN(C(=O)OC(C)(C)C)CC2)c(C)n1.COC(=O)c1ccc(N2CCN(Cc3ccc4c(c3F)CC(=O)C(C)=N4)CC2)c(C)n1.COC(=O)c1ccc(N2CCNCC2)c(C)n1. The number of methoxy groups -OCH3 is 4. The summed E-state index contributed by atoms with van der Waals surface area (Å²) in [5.41, 5.74) is 19.3.